The van der Waals surface area contributed by atoms with Crippen LogP contribution in [0.4, 0.5) is 0 Å². The fourth-order valence-electron chi connectivity index (χ4n) is 3.28. The van der Waals surface area contributed by atoms with E-state index in [0.717, 1.165) is 32.9 Å². The number of amides is 1. The monoisotopic (exact) mass is 629 g/mol. The molecule has 36 heavy (non-hydrogen) atoms. The first kappa shape index (κ1) is 25.9. The molecule has 0 aliphatic carbocycles. The zero-order chi connectivity index (χ0) is 25.7. The Bertz CT molecular complexity index is 1410. The second kappa shape index (κ2) is 11.7. The van der Waals surface area contributed by atoms with Crippen molar-refractivity contribution < 1.29 is 19.2 Å². The van der Waals surface area contributed by atoms with Crippen LogP contribution in [-0.2, 0) is 4.79 Å². The van der Waals surface area contributed by atoms with Crippen molar-refractivity contribution in [2.75, 3.05) is 12.9 Å². The molecule has 4 rings (SSSR count). The van der Waals surface area contributed by atoms with Gasteiger partial charge in [0, 0.05) is 8.95 Å². The van der Waals surface area contributed by atoms with Crippen LogP contribution in [0.2, 0.25) is 0 Å². The average molecular weight is 631 g/mol. The summed E-state index contributed by atoms with van der Waals surface area (Å²) in [4.78, 5) is 12.5. The smallest absolute Gasteiger partial charge is 0.342 e. The van der Waals surface area contributed by atoms with Crippen molar-refractivity contribution >= 4 is 55.7 Å². The summed E-state index contributed by atoms with van der Waals surface area (Å²) in [5, 5.41) is 24.3. The number of hydrogen-bond acceptors (Lipinski definition) is 6. The van der Waals surface area contributed by atoms with Crippen LogP contribution in [0, 0.1) is 6.92 Å². The molecule has 8 nitrogen and oxygen atoms in total. The standard InChI is InChI=1S/C25H21Br2N5O3S/c1-15-3-5-16(6-4-15)24-30-31-25(32(24)19-7-9-20(35-2)10-8-19)36-14-22(33)29-28-13-17-11-18(26)12-21(27)23(17)34/h3-13H,14H2,1-2H3,(H2,28,29,33,34). The lowest BCUT2D eigenvalue weighted by atomic mass is 10.1. The van der Waals surface area contributed by atoms with Crippen molar-refractivity contribution in [3.8, 4) is 28.6 Å². The Morgan fingerprint density at radius 3 is 2.61 bits per heavy atom. The molecule has 3 aromatic carbocycles. The van der Waals surface area contributed by atoms with Crippen LogP contribution >= 0.6 is 43.6 Å². The van der Waals surface area contributed by atoms with Crippen LogP contribution in [0.1, 0.15) is 11.1 Å². The van der Waals surface area contributed by atoms with E-state index in [4.69, 9.17) is 4.74 Å². The van der Waals surface area contributed by atoms with E-state index in [-0.39, 0.29) is 17.4 Å². The predicted molar refractivity (Wildman–Crippen MR) is 145 cm³/mol. The van der Waals surface area contributed by atoms with Gasteiger partial charge < -0.3 is 9.84 Å². The molecular formula is C25H21Br2N5O3S. The molecule has 0 unspecified atom stereocenters. The second-order valence-corrected chi connectivity index (χ2v) is 10.4. The minimum atomic E-state index is -0.334. The molecule has 0 saturated heterocycles. The first-order valence-corrected chi connectivity index (χ1v) is 13.3. The van der Waals surface area contributed by atoms with Gasteiger partial charge in [-0.2, -0.15) is 9.67 Å². The van der Waals surface area contributed by atoms with E-state index in [2.05, 4.69) is 52.6 Å². The van der Waals surface area contributed by atoms with Crippen molar-refractivity contribution in [1.29, 1.82) is 0 Å². The summed E-state index contributed by atoms with van der Waals surface area (Å²) in [5.74, 6) is 1.04. The van der Waals surface area contributed by atoms with Crippen molar-refractivity contribution in [1.82, 2.24) is 15.6 Å². The van der Waals surface area contributed by atoms with Crippen molar-refractivity contribution in [2.45, 2.75) is 12.1 Å². The Hall–Kier alpha value is -3.15. The third-order valence-corrected chi connectivity index (χ3v) is 7.08. The number of aromatic amines is 1. The number of carbonyl (C=O) groups excluding carboxylic acids is 1. The van der Waals surface area contributed by atoms with Gasteiger partial charge in [0.15, 0.2) is 0 Å². The lowest BCUT2D eigenvalue weighted by Crippen LogP contribution is -2.34. The minimum absolute atomic E-state index is 0.0676. The molecule has 0 fully saturated rings. The summed E-state index contributed by atoms with van der Waals surface area (Å²) >= 11 is 7.80. The highest BCUT2D eigenvalue weighted by molar-refractivity contribution is 9.11. The molecule has 184 valence electrons. The Kier molecular flexibility index (Phi) is 8.44. The number of rotatable bonds is 8. The molecule has 0 spiro atoms. The van der Waals surface area contributed by atoms with Gasteiger partial charge in [0.05, 0.1) is 29.7 Å². The Morgan fingerprint density at radius 1 is 1.19 bits per heavy atom. The van der Waals surface area contributed by atoms with E-state index in [0.29, 0.717) is 15.2 Å². The molecule has 2 N–H and O–H groups in total. The highest BCUT2D eigenvalue weighted by Crippen LogP contribution is 2.28. The lowest BCUT2D eigenvalue weighted by Gasteiger charge is -2.12. The molecule has 0 aliphatic heterocycles. The van der Waals surface area contributed by atoms with Crippen LogP contribution in [0.15, 0.2) is 79.9 Å². The van der Waals surface area contributed by atoms with E-state index in [1.165, 1.54) is 18.0 Å². The molecule has 0 radical (unpaired) electrons. The van der Waals surface area contributed by atoms with Gasteiger partial charge in [-0.25, -0.2) is 5.43 Å². The van der Waals surface area contributed by atoms with Gasteiger partial charge in [0.2, 0.25) is 0 Å². The number of thioether (sulfide) groups is 1. The van der Waals surface area contributed by atoms with Gasteiger partial charge in [-0.15, -0.1) is 5.10 Å². The van der Waals surface area contributed by atoms with E-state index in [9.17, 15) is 9.90 Å². The molecule has 1 aromatic heterocycles. The molecule has 0 bridgehead atoms. The number of nitrogens with zero attached hydrogens (tertiary/aromatic N) is 3. The van der Waals surface area contributed by atoms with Gasteiger partial charge >= 0.3 is 5.16 Å². The molecule has 11 heteroatoms. The predicted octanol–water partition coefficient (Wildman–Crippen LogP) is 4.51. The maximum atomic E-state index is 12.5. The fourth-order valence-corrected chi connectivity index (χ4v) is 5.30. The number of aromatic nitrogens is 3. The molecule has 4 aromatic rings. The minimum Gasteiger partial charge on any atom is -0.871 e. The van der Waals surface area contributed by atoms with Crippen LogP contribution in [0.5, 0.6) is 11.5 Å². The first-order chi connectivity index (χ1) is 17.4. The maximum absolute atomic E-state index is 12.5. The van der Waals surface area contributed by atoms with Gasteiger partial charge in [0.1, 0.15) is 11.4 Å². The number of benzene rings is 3. The summed E-state index contributed by atoms with van der Waals surface area (Å²) < 4.78 is 8.37. The third-order valence-electron chi connectivity index (χ3n) is 5.09. The number of H-pyrrole nitrogens is 1. The number of halogens is 2. The molecular weight excluding hydrogens is 610 g/mol. The number of carbonyl (C=O) groups is 1. The number of nitrogens with one attached hydrogen (secondary N) is 2. The van der Waals surface area contributed by atoms with Gasteiger partial charge in [-0.3, -0.25) is 4.79 Å². The van der Waals surface area contributed by atoms with Crippen molar-refractivity contribution in [2.24, 2.45) is 5.10 Å². The van der Waals surface area contributed by atoms with E-state index >= 15 is 0 Å². The molecule has 1 amide bonds. The molecule has 0 atom stereocenters. The van der Waals surface area contributed by atoms with Crippen LogP contribution in [0.3, 0.4) is 0 Å². The summed E-state index contributed by atoms with van der Waals surface area (Å²) in [7, 11) is 1.62. The zero-order valence-electron chi connectivity index (χ0n) is 19.3. The number of ether oxygens (including phenoxy) is 1. The molecule has 0 aliphatic rings. The van der Waals surface area contributed by atoms with Gasteiger partial charge in [-0.1, -0.05) is 55.3 Å². The molecule has 1 heterocycles. The highest BCUT2D eigenvalue weighted by Gasteiger charge is 2.24. The van der Waals surface area contributed by atoms with Crippen molar-refractivity contribution in [3.05, 3.63) is 80.7 Å². The Labute approximate surface area is 229 Å². The fraction of sp³-hybridized carbons (Fsp3) is 0.120. The largest absolute Gasteiger partial charge is 0.871 e. The number of methoxy groups -OCH3 is 1. The number of hydrazone groups is 1. The second-order valence-electron chi connectivity index (χ2n) is 7.64. The van der Waals surface area contributed by atoms with Crippen molar-refractivity contribution in [3.63, 3.8) is 0 Å². The van der Waals surface area contributed by atoms with E-state index in [1.807, 2.05) is 60.0 Å². The first-order valence-electron chi connectivity index (χ1n) is 10.7. The summed E-state index contributed by atoms with van der Waals surface area (Å²) in [5.41, 5.74) is 5.78. The topological polar surface area (TPSA) is 106 Å². The lowest BCUT2D eigenvalue weighted by molar-refractivity contribution is -0.625. The summed E-state index contributed by atoms with van der Waals surface area (Å²) in [6, 6.07) is 19.0. The quantitative estimate of drug-likeness (QED) is 0.129. The normalized spacial score (nSPS) is 11.1. The van der Waals surface area contributed by atoms with E-state index in [1.54, 1.807) is 19.2 Å². The van der Waals surface area contributed by atoms with E-state index < -0.39 is 0 Å². The zero-order valence-corrected chi connectivity index (χ0v) is 23.3. The van der Waals surface area contributed by atoms with Crippen LogP contribution in [-0.4, -0.2) is 35.2 Å². The average Bonchev–Trinajstić information content (AvgIpc) is 3.30. The third kappa shape index (κ3) is 6.15. The maximum Gasteiger partial charge on any atom is 0.342 e. The number of hydrogen-bond donors (Lipinski definition) is 2. The van der Waals surface area contributed by atoms with Gasteiger partial charge in [-0.05, 0) is 72.8 Å². The van der Waals surface area contributed by atoms with Crippen LogP contribution < -0.4 is 19.8 Å². The van der Waals surface area contributed by atoms with Gasteiger partial charge in [0.25, 0.3) is 11.7 Å². The number of aryl methyl sites for hydroxylation is 1. The Morgan fingerprint density at radius 2 is 1.92 bits per heavy atom. The highest BCUT2D eigenvalue weighted by atomic mass is 79.9. The summed E-state index contributed by atoms with van der Waals surface area (Å²) in [6.07, 6.45) is 1.32. The Balaban J connectivity index is 1.52. The molecule has 0 saturated carbocycles. The van der Waals surface area contributed by atoms with Crippen LogP contribution in [0.25, 0.3) is 17.1 Å². The summed E-state index contributed by atoms with van der Waals surface area (Å²) in [6.45, 7) is 2.03. The SMILES string of the molecule is COc1ccc(-[n+]2c(SCC(=O)N/N=C/c3cc(Br)cc(Br)c3[O-])n[nH]c2-c2ccc(C)cc2)cc1.